The second-order valence-corrected chi connectivity index (χ2v) is 5.35. The van der Waals surface area contributed by atoms with Crippen molar-refractivity contribution in [1.82, 2.24) is 19.9 Å². The normalized spacial score (nSPS) is 10.8. The van der Waals surface area contributed by atoms with Crippen LogP contribution in [-0.2, 0) is 6.54 Å². The molecule has 0 aliphatic carbocycles. The van der Waals surface area contributed by atoms with E-state index in [2.05, 4.69) is 19.9 Å². The highest BCUT2D eigenvalue weighted by atomic mass is 32.1. The third-order valence-corrected chi connectivity index (χ3v) is 3.90. The number of aromatic nitrogens is 3. The summed E-state index contributed by atoms with van der Waals surface area (Å²) in [4.78, 5) is 20.8. The topological polar surface area (TPSA) is 59.8 Å². The van der Waals surface area contributed by atoms with Crippen LogP contribution in [0.1, 0.15) is 16.1 Å². The van der Waals surface area contributed by atoms with Crippen molar-refractivity contribution in [2.45, 2.75) is 13.0 Å². The second kappa shape index (κ2) is 5.83. The van der Waals surface area contributed by atoms with Crippen LogP contribution in [0.2, 0.25) is 0 Å². The van der Waals surface area contributed by atoms with E-state index >= 15 is 0 Å². The Morgan fingerprint density at radius 2 is 2.35 bits per heavy atom. The number of amides is 1. The van der Waals surface area contributed by atoms with Crippen molar-refractivity contribution in [3.63, 3.8) is 0 Å². The summed E-state index contributed by atoms with van der Waals surface area (Å²) in [6.45, 7) is 1.48. The fourth-order valence-corrected chi connectivity index (χ4v) is 2.70. The Hall–Kier alpha value is -2.21. The Bertz CT molecular complexity index is 705. The second-order valence-electron chi connectivity index (χ2n) is 4.40. The van der Waals surface area contributed by atoms with Gasteiger partial charge in [0, 0.05) is 30.9 Å². The number of rotatable bonds is 5. The number of carbonyl (C=O) groups excluding carboxylic acids is 1. The average Bonchev–Trinajstić information content (AvgIpc) is 3.13. The molecule has 3 aromatic rings. The van der Waals surface area contributed by atoms with Gasteiger partial charge in [-0.15, -0.1) is 11.3 Å². The molecule has 1 N–H and O–H groups in total. The van der Waals surface area contributed by atoms with Crippen LogP contribution in [0.3, 0.4) is 0 Å². The zero-order valence-electron chi connectivity index (χ0n) is 10.8. The number of carbonyl (C=O) groups is 1. The Morgan fingerprint density at radius 3 is 3.20 bits per heavy atom. The molecule has 0 aromatic carbocycles. The lowest BCUT2D eigenvalue weighted by atomic mass is 10.4. The SMILES string of the molecule is O=C(NCCCn1ccc2cncnc21)c1cccs1. The first kappa shape index (κ1) is 12.8. The monoisotopic (exact) mass is 286 g/mol. The number of aryl methyl sites for hydroxylation is 1. The quantitative estimate of drug-likeness (QED) is 0.732. The molecule has 5 nitrogen and oxygen atoms in total. The molecular weight excluding hydrogens is 272 g/mol. The highest BCUT2D eigenvalue weighted by molar-refractivity contribution is 7.12. The van der Waals surface area contributed by atoms with Gasteiger partial charge >= 0.3 is 0 Å². The first-order valence-corrected chi connectivity index (χ1v) is 7.29. The molecular formula is C14H14N4OS. The Balaban J connectivity index is 1.52. The summed E-state index contributed by atoms with van der Waals surface area (Å²) in [5, 5.41) is 5.86. The molecule has 0 radical (unpaired) electrons. The van der Waals surface area contributed by atoms with Gasteiger partial charge in [-0.3, -0.25) is 4.79 Å². The molecule has 3 rings (SSSR count). The smallest absolute Gasteiger partial charge is 0.261 e. The summed E-state index contributed by atoms with van der Waals surface area (Å²) < 4.78 is 2.08. The number of hydrogen-bond acceptors (Lipinski definition) is 4. The molecule has 0 saturated carbocycles. The van der Waals surface area contributed by atoms with E-state index in [9.17, 15) is 4.79 Å². The number of hydrogen-bond donors (Lipinski definition) is 1. The van der Waals surface area contributed by atoms with Crippen LogP contribution in [0.4, 0.5) is 0 Å². The van der Waals surface area contributed by atoms with Gasteiger partial charge in [0.25, 0.3) is 5.91 Å². The molecule has 0 aliphatic heterocycles. The van der Waals surface area contributed by atoms with E-state index in [1.54, 1.807) is 12.5 Å². The average molecular weight is 286 g/mol. The Morgan fingerprint density at radius 1 is 1.40 bits per heavy atom. The molecule has 6 heteroatoms. The van der Waals surface area contributed by atoms with Crippen LogP contribution in [0.25, 0.3) is 11.0 Å². The fourth-order valence-electron chi connectivity index (χ4n) is 2.06. The third kappa shape index (κ3) is 2.70. The molecule has 3 aromatic heterocycles. The number of thiophene rings is 1. The largest absolute Gasteiger partial charge is 0.351 e. The molecule has 0 spiro atoms. The molecule has 0 fully saturated rings. The minimum Gasteiger partial charge on any atom is -0.351 e. The number of fused-ring (bicyclic) bond motifs is 1. The third-order valence-electron chi connectivity index (χ3n) is 3.03. The predicted molar refractivity (Wildman–Crippen MR) is 78.8 cm³/mol. The van der Waals surface area contributed by atoms with Gasteiger partial charge in [-0.1, -0.05) is 6.07 Å². The predicted octanol–water partition coefficient (Wildman–Crippen LogP) is 2.31. The molecule has 3 heterocycles. The summed E-state index contributed by atoms with van der Waals surface area (Å²) in [6, 6.07) is 5.71. The fraction of sp³-hybridized carbons (Fsp3) is 0.214. The molecule has 102 valence electrons. The van der Waals surface area contributed by atoms with E-state index in [0.717, 1.165) is 28.9 Å². The van der Waals surface area contributed by atoms with Crippen molar-refractivity contribution in [1.29, 1.82) is 0 Å². The molecule has 1 amide bonds. The van der Waals surface area contributed by atoms with Crippen LogP contribution < -0.4 is 5.32 Å². The zero-order chi connectivity index (χ0) is 13.8. The maximum absolute atomic E-state index is 11.8. The van der Waals surface area contributed by atoms with Crippen LogP contribution in [0, 0.1) is 0 Å². The summed E-state index contributed by atoms with van der Waals surface area (Å²) in [5.41, 5.74) is 0.935. The van der Waals surface area contributed by atoms with Gasteiger partial charge in [0.1, 0.15) is 12.0 Å². The summed E-state index contributed by atoms with van der Waals surface area (Å²) in [5.74, 6) is -0.000288. The van der Waals surface area contributed by atoms with Crippen LogP contribution >= 0.6 is 11.3 Å². The van der Waals surface area contributed by atoms with Crippen molar-refractivity contribution in [3.8, 4) is 0 Å². The van der Waals surface area contributed by atoms with Crippen molar-refractivity contribution in [2.75, 3.05) is 6.54 Å². The minimum absolute atomic E-state index is 0.000288. The maximum atomic E-state index is 11.8. The van der Waals surface area contributed by atoms with E-state index in [0.29, 0.717) is 6.54 Å². The van der Waals surface area contributed by atoms with Crippen LogP contribution in [-0.4, -0.2) is 27.0 Å². The molecule has 0 aliphatic rings. The van der Waals surface area contributed by atoms with Gasteiger partial charge in [0.15, 0.2) is 0 Å². The molecule has 0 saturated heterocycles. The van der Waals surface area contributed by atoms with Crippen molar-refractivity contribution in [2.24, 2.45) is 0 Å². The van der Waals surface area contributed by atoms with E-state index < -0.39 is 0 Å². The highest BCUT2D eigenvalue weighted by Gasteiger charge is 2.05. The van der Waals surface area contributed by atoms with Gasteiger partial charge in [0.05, 0.1) is 4.88 Å². The van der Waals surface area contributed by atoms with Crippen molar-refractivity contribution >= 4 is 28.3 Å². The Labute approximate surface area is 120 Å². The lowest BCUT2D eigenvalue weighted by molar-refractivity contribution is 0.0957. The standard InChI is InChI=1S/C14H14N4OS/c19-14(12-3-1-8-20-12)16-5-2-6-18-7-4-11-9-15-10-17-13(11)18/h1,3-4,7-10H,2,5-6H2,(H,16,19). The first-order valence-electron chi connectivity index (χ1n) is 6.41. The van der Waals surface area contributed by atoms with E-state index in [1.807, 2.05) is 29.8 Å². The molecule has 20 heavy (non-hydrogen) atoms. The van der Waals surface area contributed by atoms with Gasteiger partial charge in [-0.05, 0) is 23.9 Å². The summed E-state index contributed by atoms with van der Waals surface area (Å²) in [6.07, 6.45) is 6.22. The first-order chi connectivity index (χ1) is 9.84. The number of nitrogens with one attached hydrogen (secondary N) is 1. The maximum Gasteiger partial charge on any atom is 0.261 e. The van der Waals surface area contributed by atoms with Crippen LogP contribution in [0.5, 0.6) is 0 Å². The van der Waals surface area contributed by atoms with E-state index in [-0.39, 0.29) is 5.91 Å². The van der Waals surface area contributed by atoms with Crippen molar-refractivity contribution < 1.29 is 4.79 Å². The van der Waals surface area contributed by atoms with Gasteiger partial charge in [-0.25, -0.2) is 9.97 Å². The highest BCUT2D eigenvalue weighted by Crippen LogP contribution is 2.11. The van der Waals surface area contributed by atoms with Gasteiger partial charge in [-0.2, -0.15) is 0 Å². The van der Waals surface area contributed by atoms with E-state index in [1.165, 1.54) is 11.3 Å². The summed E-state index contributed by atoms with van der Waals surface area (Å²) in [7, 11) is 0. The van der Waals surface area contributed by atoms with Crippen molar-refractivity contribution in [3.05, 3.63) is 47.2 Å². The zero-order valence-corrected chi connectivity index (χ0v) is 11.6. The van der Waals surface area contributed by atoms with Gasteiger partial charge < -0.3 is 9.88 Å². The Kier molecular flexibility index (Phi) is 3.73. The lowest BCUT2D eigenvalue weighted by Gasteiger charge is -2.05. The molecule has 0 unspecified atom stereocenters. The molecule has 0 atom stereocenters. The lowest BCUT2D eigenvalue weighted by Crippen LogP contribution is -2.24. The van der Waals surface area contributed by atoms with Gasteiger partial charge in [0.2, 0.25) is 0 Å². The van der Waals surface area contributed by atoms with Crippen LogP contribution in [0.15, 0.2) is 42.3 Å². The summed E-state index contributed by atoms with van der Waals surface area (Å²) >= 11 is 1.45. The number of nitrogens with zero attached hydrogens (tertiary/aromatic N) is 3. The minimum atomic E-state index is -0.000288. The van der Waals surface area contributed by atoms with E-state index in [4.69, 9.17) is 0 Å². The molecule has 0 bridgehead atoms.